The summed E-state index contributed by atoms with van der Waals surface area (Å²) < 4.78 is 28.4. The van der Waals surface area contributed by atoms with Gasteiger partial charge in [0.15, 0.2) is 0 Å². The average molecular weight is 300 g/mol. The third kappa shape index (κ3) is 3.49. The molecular formula is C13H20N2O4S. The van der Waals surface area contributed by atoms with E-state index in [1.165, 1.54) is 6.07 Å². The van der Waals surface area contributed by atoms with Crippen molar-refractivity contribution >= 4 is 15.7 Å². The largest absolute Gasteiger partial charge is 0.388 e. The van der Waals surface area contributed by atoms with Gasteiger partial charge in [-0.25, -0.2) is 13.6 Å². The molecule has 1 aromatic carbocycles. The molecule has 6 nitrogen and oxygen atoms in total. The minimum absolute atomic E-state index is 0.0677. The van der Waals surface area contributed by atoms with Crippen LogP contribution < -0.4 is 10.0 Å². The number of nitrogens with zero attached hydrogens (tertiary/aromatic N) is 1. The molecular weight excluding hydrogens is 280 g/mol. The van der Waals surface area contributed by atoms with Crippen LogP contribution in [0.15, 0.2) is 29.2 Å². The van der Waals surface area contributed by atoms with Gasteiger partial charge in [-0.05, 0) is 12.1 Å². The quantitative estimate of drug-likeness (QED) is 0.835. The van der Waals surface area contributed by atoms with E-state index in [4.69, 9.17) is 9.88 Å². The van der Waals surface area contributed by atoms with Gasteiger partial charge in [0.25, 0.3) is 0 Å². The standard InChI is InChI=1S/C13H20N2O4S/c1-15(10-13(16)6-8-19-9-7-13)11-4-2-3-5-12(11)20(14,17)18/h2-5,16H,6-10H2,1H3,(H2,14,17,18). The van der Waals surface area contributed by atoms with Crippen LogP contribution >= 0.6 is 0 Å². The van der Waals surface area contributed by atoms with Crippen molar-refractivity contribution in [2.45, 2.75) is 23.3 Å². The molecule has 0 bridgehead atoms. The molecule has 3 N–H and O–H groups in total. The van der Waals surface area contributed by atoms with E-state index in [1.54, 1.807) is 30.1 Å². The Kier molecular flexibility index (Phi) is 4.33. The van der Waals surface area contributed by atoms with Crippen LogP contribution in [0.4, 0.5) is 5.69 Å². The van der Waals surface area contributed by atoms with E-state index < -0.39 is 15.6 Å². The Balaban J connectivity index is 2.23. The number of primary sulfonamides is 1. The van der Waals surface area contributed by atoms with E-state index in [2.05, 4.69) is 0 Å². The number of ether oxygens (including phenoxy) is 1. The van der Waals surface area contributed by atoms with E-state index in [1.807, 2.05) is 0 Å². The second-order valence-electron chi connectivity index (χ2n) is 5.21. The molecule has 1 aromatic rings. The van der Waals surface area contributed by atoms with Crippen LogP contribution in [0.25, 0.3) is 0 Å². The first-order valence-corrected chi connectivity index (χ1v) is 8.00. The summed E-state index contributed by atoms with van der Waals surface area (Å²) in [6, 6.07) is 6.52. The first-order chi connectivity index (χ1) is 9.32. The summed E-state index contributed by atoms with van der Waals surface area (Å²) in [5.74, 6) is 0. The van der Waals surface area contributed by atoms with Crippen molar-refractivity contribution in [1.82, 2.24) is 0 Å². The monoisotopic (exact) mass is 300 g/mol. The summed E-state index contributed by atoms with van der Waals surface area (Å²) >= 11 is 0. The van der Waals surface area contributed by atoms with E-state index >= 15 is 0 Å². The van der Waals surface area contributed by atoms with E-state index in [-0.39, 0.29) is 4.90 Å². The van der Waals surface area contributed by atoms with Crippen molar-refractivity contribution in [2.75, 3.05) is 31.7 Å². The summed E-state index contributed by atoms with van der Waals surface area (Å²) in [4.78, 5) is 1.79. The smallest absolute Gasteiger partial charge is 0.240 e. The summed E-state index contributed by atoms with van der Waals surface area (Å²) in [6.07, 6.45) is 1.07. The molecule has 1 aliphatic heterocycles. The number of rotatable bonds is 4. The fourth-order valence-corrected chi connectivity index (χ4v) is 3.23. The van der Waals surface area contributed by atoms with Crippen LogP contribution in [0.5, 0.6) is 0 Å². The Morgan fingerprint density at radius 1 is 1.35 bits per heavy atom. The molecule has 0 unspecified atom stereocenters. The Bertz CT molecular complexity index is 567. The number of benzene rings is 1. The van der Waals surface area contributed by atoms with Crippen LogP contribution in [-0.4, -0.2) is 45.9 Å². The normalized spacial score (nSPS) is 18.8. The van der Waals surface area contributed by atoms with Crippen LogP contribution in [-0.2, 0) is 14.8 Å². The first kappa shape index (κ1) is 15.2. The van der Waals surface area contributed by atoms with Crippen LogP contribution in [0.3, 0.4) is 0 Å². The Morgan fingerprint density at radius 3 is 2.55 bits per heavy atom. The van der Waals surface area contributed by atoms with Gasteiger partial charge in [-0.15, -0.1) is 0 Å². The summed E-state index contributed by atoms with van der Waals surface area (Å²) in [6.45, 7) is 1.37. The number of nitrogens with two attached hydrogens (primary N) is 1. The summed E-state index contributed by atoms with van der Waals surface area (Å²) in [5, 5.41) is 15.7. The lowest BCUT2D eigenvalue weighted by Crippen LogP contribution is -2.46. The van der Waals surface area contributed by atoms with Crippen LogP contribution in [0.2, 0.25) is 0 Å². The van der Waals surface area contributed by atoms with Gasteiger partial charge in [0.1, 0.15) is 4.90 Å². The molecule has 0 saturated carbocycles. The zero-order valence-corrected chi connectivity index (χ0v) is 12.3. The van der Waals surface area contributed by atoms with Gasteiger partial charge in [0.05, 0.1) is 11.3 Å². The highest BCUT2D eigenvalue weighted by Gasteiger charge is 2.32. The van der Waals surface area contributed by atoms with Crippen molar-refractivity contribution in [2.24, 2.45) is 5.14 Å². The number of anilines is 1. The maximum absolute atomic E-state index is 11.6. The van der Waals surface area contributed by atoms with Gasteiger partial charge in [-0.3, -0.25) is 0 Å². The molecule has 7 heteroatoms. The first-order valence-electron chi connectivity index (χ1n) is 6.45. The molecule has 0 spiro atoms. The molecule has 1 fully saturated rings. The molecule has 0 amide bonds. The van der Waals surface area contributed by atoms with Gasteiger partial charge in [-0.2, -0.15) is 0 Å². The SMILES string of the molecule is CN(CC1(O)CCOCC1)c1ccccc1S(N)(=O)=O. The number of sulfonamides is 1. The molecule has 2 rings (SSSR count). The number of para-hydroxylation sites is 1. The highest BCUT2D eigenvalue weighted by molar-refractivity contribution is 7.89. The zero-order chi connectivity index (χ0) is 14.8. The van der Waals surface area contributed by atoms with Crippen molar-refractivity contribution in [3.8, 4) is 0 Å². The average Bonchev–Trinajstić information content (AvgIpc) is 2.38. The van der Waals surface area contributed by atoms with Gasteiger partial charge in [-0.1, -0.05) is 12.1 Å². The maximum atomic E-state index is 11.6. The van der Waals surface area contributed by atoms with Crippen molar-refractivity contribution in [3.05, 3.63) is 24.3 Å². The topological polar surface area (TPSA) is 92.9 Å². The third-order valence-corrected chi connectivity index (χ3v) is 4.50. The minimum atomic E-state index is -3.79. The maximum Gasteiger partial charge on any atom is 0.240 e. The third-order valence-electron chi connectivity index (χ3n) is 3.54. The Morgan fingerprint density at radius 2 is 1.95 bits per heavy atom. The molecule has 1 saturated heterocycles. The molecule has 112 valence electrons. The highest BCUT2D eigenvalue weighted by Crippen LogP contribution is 2.27. The highest BCUT2D eigenvalue weighted by atomic mass is 32.2. The van der Waals surface area contributed by atoms with E-state index in [9.17, 15) is 13.5 Å². The molecule has 0 radical (unpaired) electrons. The molecule has 20 heavy (non-hydrogen) atoms. The minimum Gasteiger partial charge on any atom is -0.388 e. The van der Waals surface area contributed by atoms with Gasteiger partial charge < -0.3 is 14.7 Å². The molecule has 0 atom stereocenters. The predicted molar refractivity (Wildman–Crippen MR) is 76.1 cm³/mol. The lowest BCUT2D eigenvalue weighted by molar-refractivity contribution is -0.0573. The van der Waals surface area contributed by atoms with E-state index in [0.29, 0.717) is 38.3 Å². The fraction of sp³-hybridized carbons (Fsp3) is 0.538. The summed E-state index contributed by atoms with van der Waals surface area (Å²) in [5.41, 5.74) is -0.367. The second kappa shape index (κ2) is 5.69. The van der Waals surface area contributed by atoms with E-state index in [0.717, 1.165) is 0 Å². The summed E-state index contributed by atoms with van der Waals surface area (Å²) in [7, 11) is -2.04. The number of hydrogen-bond donors (Lipinski definition) is 2. The zero-order valence-electron chi connectivity index (χ0n) is 11.4. The van der Waals surface area contributed by atoms with Gasteiger partial charge >= 0.3 is 0 Å². The lowest BCUT2D eigenvalue weighted by atomic mass is 9.94. The number of hydrogen-bond acceptors (Lipinski definition) is 5. The Labute approximate surface area is 119 Å². The van der Waals surface area contributed by atoms with Gasteiger partial charge in [0.2, 0.25) is 10.0 Å². The van der Waals surface area contributed by atoms with Crippen molar-refractivity contribution in [3.63, 3.8) is 0 Å². The molecule has 1 aliphatic rings. The number of aliphatic hydroxyl groups is 1. The molecule has 1 heterocycles. The number of likely N-dealkylation sites (N-methyl/N-ethyl adjacent to an activating group) is 1. The predicted octanol–water partition coefficient (Wildman–Crippen LogP) is 0.312. The van der Waals surface area contributed by atoms with Crippen LogP contribution in [0, 0.1) is 0 Å². The van der Waals surface area contributed by atoms with Crippen LogP contribution in [0.1, 0.15) is 12.8 Å². The van der Waals surface area contributed by atoms with Gasteiger partial charge in [0, 0.05) is 39.6 Å². The second-order valence-corrected chi connectivity index (χ2v) is 6.74. The molecule has 0 aromatic heterocycles. The van der Waals surface area contributed by atoms with Crippen molar-refractivity contribution in [1.29, 1.82) is 0 Å². The fourth-order valence-electron chi connectivity index (χ4n) is 2.45. The van der Waals surface area contributed by atoms with Crippen molar-refractivity contribution < 1.29 is 18.3 Å². The Hall–Kier alpha value is -1.15. The molecule has 0 aliphatic carbocycles. The lowest BCUT2D eigenvalue weighted by Gasteiger charge is -2.36.